The van der Waals surface area contributed by atoms with Gasteiger partial charge in [-0.1, -0.05) is 6.07 Å². The molecule has 0 saturated carbocycles. The van der Waals surface area contributed by atoms with E-state index in [-0.39, 0.29) is 25.4 Å². The summed E-state index contributed by atoms with van der Waals surface area (Å²) >= 11 is 0. The lowest BCUT2D eigenvalue weighted by atomic mass is 10.1. The van der Waals surface area contributed by atoms with Gasteiger partial charge < -0.3 is 19.7 Å². The Morgan fingerprint density at radius 3 is 2.29 bits per heavy atom. The summed E-state index contributed by atoms with van der Waals surface area (Å²) in [6.07, 6.45) is -0.329. The van der Waals surface area contributed by atoms with Gasteiger partial charge >= 0.3 is 6.03 Å². The Morgan fingerprint density at radius 2 is 1.57 bits per heavy atom. The first kappa shape index (κ1) is 22.3. The molecule has 1 N–H and O–H groups in total. The van der Waals surface area contributed by atoms with Crippen molar-refractivity contribution in [3.05, 3.63) is 83.9 Å². The highest BCUT2D eigenvalue weighted by atomic mass is 19.1. The molecule has 0 bridgehead atoms. The minimum absolute atomic E-state index is 0.0212. The van der Waals surface area contributed by atoms with Crippen LogP contribution in [-0.2, 0) is 16.1 Å². The number of rotatable bonds is 6. The van der Waals surface area contributed by atoms with Crippen molar-refractivity contribution in [1.82, 2.24) is 4.90 Å². The minimum Gasteiger partial charge on any atom is -0.454 e. The molecule has 178 valence electrons. The molecule has 35 heavy (non-hydrogen) atoms. The van der Waals surface area contributed by atoms with Crippen molar-refractivity contribution in [2.75, 3.05) is 17.0 Å². The molecular weight excluding hydrogens is 460 g/mol. The third-order valence-corrected chi connectivity index (χ3v) is 5.70. The third-order valence-electron chi connectivity index (χ3n) is 5.70. The van der Waals surface area contributed by atoms with Crippen molar-refractivity contribution in [3.63, 3.8) is 0 Å². The summed E-state index contributed by atoms with van der Waals surface area (Å²) in [5.41, 5.74) is 1.21. The zero-order valence-electron chi connectivity index (χ0n) is 18.2. The van der Waals surface area contributed by atoms with Gasteiger partial charge in [0.05, 0.1) is 12.1 Å². The van der Waals surface area contributed by atoms with Crippen LogP contribution < -0.4 is 19.7 Å². The van der Waals surface area contributed by atoms with Gasteiger partial charge in [0.25, 0.3) is 5.91 Å². The zero-order chi connectivity index (χ0) is 24.5. The second kappa shape index (κ2) is 9.05. The molecule has 0 spiro atoms. The van der Waals surface area contributed by atoms with Crippen LogP contribution in [0.25, 0.3) is 0 Å². The quantitative estimate of drug-likeness (QED) is 0.539. The van der Waals surface area contributed by atoms with Crippen LogP contribution in [0.5, 0.6) is 11.5 Å². The third kappa shape index (κ3) is 4.50. The number of carbonyl (C=O) groups is 3. The summed E-state index contributed by atoms with van der Waals surface area (Å²) in [6.45, 7) is 0.109. The van der Waals surface area contributed by atoms with Crippen LogP contribution in [0.3, 0.4) is 0 Å². The lowest BCUT2D eigenvalue weighted by Gasteiger charge is -2.22. The van der Waals surface area contributed by atoms with E-state index < -0.39 is 35.5 Å². The minimum atomic E-state index is -1.11. The molecule has 0 radical (unpaired) electrons. The number of imide groups is 1. The topological polar surface area (TPSA) is 88.2 Å². The smallest absolute Gasteiger partial charge is 0.332 e. The van der Waals surface area contributed by atoms with E-state index in [1.54, 1.807) is 18.2 Å². The molecule has 1 saturated heterocycles. The number of halogens is 2. The summed E-state index contributed by atoms with van der Waals surface area (Å²) in [6, 6.07) is 13.5. The fourth-order valence-electron chi connectivity index (χ4n) is 4.00. The SMILES string of the molecule is O=C(C[C@H]1C(=O)N(c2ccc(F)cc2)C(=O)N1Cc1ccc2c(c1)OCO2)Nc1ccc(F)cc1. The highest BCUT2D eigenvalue weighted by Gasteiger charge is 2.46. The van der Waals surface area contributed by atoms with Crippen molar-refractivity contribution >= 4 is 29.2 Å². The van der Waals surface area contributed by atoms with Crippen molar-refractivity contribution in [2.45, 2.75) is 19.0 Å². The number of nitrogens with one attached hydrogen (secondary N) is 1. The molecule has 3 aromatic carbocycles. The van der Waals surface area contributed by atoms with Gasteiger partial charge in [0.15, 0.2) is 11.5 Å². The van der Waals surface area contributed by atoms with Crippen LogP contribution >= 0.6 is 0 Å². The molecule has 0 aliphatic carbocycles. The Morgan fingerprint density at radius 1 is 0.914 bits per heavy atom. The maximum absolute atomic E-state index is 13.4. The number of ether oxygens (including phenoxy) is 2. The van der Waals surface area contributed by atoms with Gasteiger partial charge in [0.2, 0.25) is 12.7 Å². The van der Waals surface area contributed by atoms with Crippen LogP contribution in [0.1, 0.15) is 12.0 Å². The molecule has 8 nitrogen and oxygen atoms in total. The first-order valence-corrected chi connectivity index (χ1v) is 10.7. The van der Waals surface area contributed by atoms with E-state index in [0.717, 1.165) is 17.0 Å². The van der Waals surface area contributed by atoms with E-state index in [9.17, 15) is 23.2 Å². The van der Waals surface area contributed by atoms with Gasteiger partial charge in [-0.05, 0) is 66.2 Å². The van der Waals surface area contributed by atoms with Gasteiger partial charge in [0.1, 0.15) is 17.7 Å². The highest BCUT2D eigenvalue weighted by molar-refractivity contribution is 6.22. The van der Waals surface area contributed by atoms with Crippen molar-refractivity contribution < 1.29 is 32.6 Å². The van der Waals surface area contributed by atoms with E-state index in [4.69, 9.17) is 9.47 Å². The van der Waals surface area contributed by atoms with E-state index in [1.807, 2.05) is 0 Å². The Hall–Kier alpha value is -4.47. The molecule has 5 rings (SSSR count). The summed E-state index contributed by atoms with van der Waals surface area (Å²) < 4.78 is 37.3. The first-order chi connectivity index (χ1) is 16.9. The number of nitrogens with zero attached hydrogens (tertiary/aromatic N) is 2. The number of fused-ring (bicyclic) bond motifs is 1. The highest BCUT2D eigenvalue weighted by Crippen LogP contribution is 2.34. The lowest BCUT2D eigenvalue weighted by molar-refractivity contribution is -0.124. The molecule has 2 heterocycles. The van der Waals surface area contributed by atoms with Crippen molar-refractivity contribution in [2.24, 2.45) is 0 Å². The van der Waals surface area contributed by atoms with Crippen LogP contribution in [0, 0.1) is 11.6 Å². The molecule has 10 heteroatoms. The van der Waals surface area contributed by atoms with Crippen LogP contribution in [0.15, 0.2) is 66.7 Å². The molecule has 1 atom stereocenters. The Balaban J connectivity index is 1.41. The Kier molecular flexibility index (Phi) is 5.77. The fourth-order valence-corrected chi connectivity index (χ4v) is 4.00. The van der Waals surface area contributed by atoms with Crippen LogP contribution in [-0.4, -0.2) is 35.6 Å². The zero-order valence-corrected chi connectivity index (χ0v) is 18.2. The lowest BCUT2D eigenvalue weighted by Crippen LogP contribution is -2.37. The monoisotopic (exact) mass is 479 g/mol. The Bertz CT molecular complexity index is 1300. The largest absolute Gasteiger partial charge is 0.454 e. The van der Waals surface area contributed by atoms with Gasteiger partial charge in [0, 0.05) is 12.2 Å². The number of urea groups is 1. The van der Waals surface area contributed by atoms with Gasteiger partial charge in [-0.3, -0.25) is 9.59 Å². The molecule has 4 amide bonds. The summed E-state index contributed by atoms with van der Waals surface area (Å²) in [7, 11) is 0. The predicted molar refractivity (Wildman–Crippen MR) is 121 cm³/mol. The molecular formula is C25H19F2N3O5. The molecule has 2 aliphatic rings. The number of anilines is 2. The number of amides is 4. The number of hydrogen-bond donors (Lipinski definition) is 1. The van der Waals surface area contributed by atoms with Gasteiger partial charge in [-0.15, -0.1) is 0 Å². The Labute approximate surface area is 198 Å². The predicted octanol–water partition coefficient (Wildman–Crippen LogP) is 4.06. The molecule has 0 unspecified atom stereocenters. The number of carbonyl (C=O) groups excluding carboxylic acids is 3. The maximum atomic E-state index is 13.4. The average Bonchev–Trinajstić information content (AvgIpc) is 3.39. The number of hydrogen-bond acceptors (Lipinski definition) is 5. The van der Waals surface area contributed by atoms with E-state index in [0.29, 0.717) is 22.7 Å². The molecule has 2 aliphatic heterocycles. The van der Waals surface area contributed by atoms with E-state index in [1.165, 1.54) is 41.3 Å². The maximum Gasteiger partial charge on any atom is 0.332 e. The fraction of sp³-hybridized carbons (Fsp3) is 0.160. The summed E-state index contributed by atoms with van der Waals surface area (Å²) in [5.74, 6) is -1.03. The first-order valence-electron chi connectivity index (χ1n) is 10.7. The van der Waals surface area contributed by atoms with Crippen LogP contribution in [0.2, 0.25) is 0 Å². The second-order valence-corrected chi connectivity index (χ2v) is 8.02. The summed E-state index contributed by atoms with van der Waals surface area (Å²) in [4.78, 5) is 41.6. The standard InChI is InChI=1S/C25H19F2N3O5/c26-16-2-6-18(7-3-16)28-23(31)12-20-24(32)30(19-8-4-17(27)5-9-19)25(33)29(20)13-15-1-10-21-22(11-15)35-14-34-21/h1-11,20H,12-14H2,(H,28,31)/t20-/m0/s1. The van der Waals surface area contributed by atoms with E-state index in [2.05, 4.69) is 5.32 Å². The molecule has 1 fully saturated rings. The summed E-state index contributed by atoms with van der Waals surface area (Å²) in [5, 5.41) is 2.61. The number of benzene rings is 3. The van der Waals surface area contributed by atoms with Crippen LogP contribution in [0.4, 0.5) is 25.0 Å². The average molecular weight is 479 g/mol. The van der Waals surface area contributed by atoms with Crippen molar-refractivity contribution in [3.8, 4) is 11.5 Å². The van der Waals surface area contributed by atoms with E-state index >= 15 is 0 Å². The molecule has 3 aromatic rings. The normalized spacial score (nSPS) is 16.7. The van der Waals surface area contributed by atoms with Gasteiger partial charge in [-0.25, -0.2) is 18.5 Å². The molecule has 0 aromatic heterocycles. The second-order valence-electron chi connectivity index (χ2n) is 8.02. The van der Waals surface area contributed by atoms with Gasteiger partial charge in [-0.2, -0.15) is 0 Å². The van der Waals surface area contributed by atoms with Crippen molar-refractivity contribution in [1.29, 1.82) is 0 Å².